The van der Waals surface area contributed by atoms with E-state index in [1.54, 1.807) is 32.2 Å². The molecule has 0 aliphatic carbocycles. The number of hydrogen-bond acceptors (Lipinski definition) is 5. The Morgan fingerprint density at radius 2 is 1.81 bits per heavy atom. The molecule has 1 heterocycles. The molecule has 7 nitrogen and oxygen atoms in total. The zero-order valence-corrected chi connectivity index (χ0v) is 17.3. The van der Waals surface area contributed by atoms with Gasteiger partial charge in [-0.2, -0.15) is 4.39 Å². The average Bonchev–Trinajstić information content (AvgIpc) is 2.79. The van der Waals surface area contributed by atoms with Gasteiger partial charge in [-0.15, -0.1) is 0 Å². The lowest BCUT2D eigenvalue weighted by molar-refractivity contribution is -0.387. The van der Waals surface area contributed by atoms with Gasteiger partial charge in [-0.05, 0) is 55.0 Å². The average molecular weight is 431 g/mol. The number of nitro groups is 1. The SMILES string of the molecule is COc1ccc(-c2nc3ccccc3c(C(=O)Nc3ccc(F)c([N+](=O)[O-])c3)c2C)cc1. The molecule has 160 valence electrons. The zero-order chi connectivity index (χ0) is 22.8. The summed E-state index contributed by atoms with van der Waals surface area (Å²) in [5.41, 5.74) is 2.49. The minimum absolute atomic E-state index is 0.120. The molecule has 0 atom stereocenters. The largest absolute Gasteiger partial charge is 0.497 e. The molecule has 0 aliphatic rings. The monoisotopic (exact) mass is 431 g/mol. The number of aromatic nitrogens is 1. The van der Waals surface area contributed by atoms with Crippen LogP contribution in [-0.4, -0.2) is 22.9 Å². The highest BCUT2D eigenvalue weighted by Gasteiger charge is 2.21. The van der Waals surface area contributed by atoms with Crippen LogP contribution in [0.5, 0.6) is 5.75 Å². The van der Waals surface area contributed by atoms with Gasteiger partial charge in [0.25, 0.3) is 5.91 Å². The van der Waals surface area contributed by atoms with Crippen LogP contribution in [0.15, 0.2) is 66.7 Å². The first-order chi connectivity index (χ1) is 15.4. The number of halogens is 1. The van der Waals surface area contributed by atoms with Gasteiger partial charge < -0.3 is 10.1 Å². The van der Waals surface area contributed by atoms with E-state index in [0.717, 1.165) is 17.7 Å². The van der Waals surface area contributed by atoms with Crippen LogP contribution < -0.4 is 10.1 Å². The minimum atomic E-state index is -0.972. The van der Waals surface area contributed by atoms with E-state index in [4.69, 9.17) is 9.72 Å². The van der Waals surface area contributed by atoms with Gasteiger partial charge in [0.1, 0.15) is 5.75 Å². The fourth-order valence-electron chi connectivity index (χ4n) is 3.55. The van der Waals surface area contributed by atoms with Crippen molar-refractivity contribution < 1.29 is 18.8 Å². The summed E-state index contributed by atoms with van der Waals surface area (Å²) >= 11 is 0. The van der Waals surface area contributed by atoms with E-state index < -0.39 is 22.3 Å². The molecule has 0 spiro atoms. The molecule has 0 saturated heterocycles. The highest BCUT2D eigenvalue weighted by atomic mass is 19.1. The predicted molar refractivity (Wildman–Crippen MR) is 119 cm³/mol. The van der Waals surface area contributed by atoms with Crippen molar-refractivity contribution in [2.24, 2.45) is 0 Å². The number of nitrogens with zero attached hydrogens (tertiary/aromatic N) is 2. The van der Waals surface area contributed by atoms with Crippen LogP contribution in [0, 0.1) is 22.9 Å². The van der Waals surface area contributed by atoms with Crippen molar-refractivity contribution in [2.75, 3.05) is 12.4 Å². The van der Waals surface area contributed by atoms with Crippen LogP contribution in [0.1, 0.15) is 15.9 Å². The Hall–Kier alpha value is -4.33. The van der Waals surface area contributed by atoms with Crippen molar-refractivity contribution in [3.05, 3.63) is 93.8 Å². The highest BCUT2D eigenvalue weighted by Crippen LogP contribution is 2.31. The Kier molecular flexibility index (Phi) is 5.51. The lowest BCUT2D eigenvalue weighted by atomic mass is 9.97. The van der Waals surface area contributed by atoms with Gasteiger partial charge in [-0.25, -0.2) is 4.98 Å². The number of hydrogen-bond donors (Lipinski definition) is 1. The summed E-state index contributed by atoms with van der Waals surface area (Å²) in [7, 11) is 1.58. The maximum Gasteiger partial charge on any atom is 0.306 e. The topological polar surface area (TPSA) is 94.4 Å². The van der Waals surface area contributed by atoms with Crippen LogP contribution in [0.3, 0.4) is 0 Å². The minimum Gasteiger partial charge on any atom is -0.497 e. The molecule has 1 aromatic heterocycles. The van der Waals surface area contributed by atoms with E-state index >= 15 is 0 Å². The third-order valence-electron chi connectivity index (χ3n) is 5.13. The fraction of sp³-hybridized carbons (Fsp3) is 0.0833. The van der Waals surface area contributed by atoms with Crippen LogP contribution in [-0.2, 0) is 0 Å². The lowest BCUT2D eigenvalue weighted by Crippen LogP contribution is -2.15. The molecule has 0 fully saturated rings. The first-order valence-corrected chi connectivity index (χ1v) is 9.68. The second-order valence-electron chi connectivity index (χ2n) is 7.08. The van der Waals surface area contributed by atoms with Gasteiger partial charge >= 0.3 is 5.69 Å². The van der Waals surface area contributed by atoms with Crippen molar-refractivity contribution in [3.63, 3.8) is 0 Å². The Morgan fingerprint density at radius 1 is 1.09 bits per heavy atom. The number of anilines is 1. The van der Waals surface area contributed by atoms with E-state index in [-0.39, 0.29) is 5.69 Å². The van der Waals surface area contributed by atoms with Crippen molar-refractivity contribution in [1.29, 1.82) is 0 Å². The molecule has 4 aromatic rings. The number of para-hydroxylation sites is 1. The number of fused-ring (bicyclic) bond motifs is 1. The van der Waals surface area contributed by atoms with E-state index in [9.17, 15) is 19.3 Å². The summed E-state index contributed by atoms with van der Waals surface area (Å²) in [5, 5.41) is 14.3. The number of carbonyl (C=O) groups excluding carboxylic acids is 1. The van der Waals surface area contributed by atoms with E-state index in [0.29, 0.717) is 33.5 Å². The Labute approximate surface area is 182 Å². The number of rotatable bonds is 5. The summed E-state index contributed by atoms with van der Waals surface area (Å²) < 4.78 is 18.9. The molecule has 1 amide bonds. The number of nitro benzene ring substituents is 1. The molecule has 3 aromatic carbocycles. The summed E-state index contributed by atoms with van der Waals surface area (Å²) in [6.45, 7) is 1.79. The quantitative estimate of drug-likeness (QED) is 0.332. The molecule has 0 saturated carbocycles. The summed E-state index contributed by atoms with van der Waals surface area (Å²) in [6.07, 6.45) is 0. The number of nitrogens with one attached hydrogen (secondary N) is 1. The van der Waals surface area contributed by atoms with Gasteiger partial charge in [-0.1, -0.05) is 18.2 Å². The smallest absolute Gasteiger partial charge is 0.306 e. The molecule has 0 bridgehead atoms. The first-order valence-electron chi connectivity index (χ1n) is 9.68. The van der Waals surface area contributed by atoms with Gasteiger partial charge in [0.15, 0.2) is 0 Å². The maximum atomic E-state index is 13.7. The number of carbonyl (C=O) groups is 1. The molecule has 0 aliphatic heterocycles. The molecule has 4 rings (SSSR count). The number of amides is 1. The number of ether oxygens (including phenoxy) is 1. The fourth-order valence-corrected chi connectivity index (χ4v) is 3.55. The van der Waals surface area contributed by atoms with Crippen LogP contribution in [0.25, 0.3) is 22.2 Å². The Morgan fingerprint density at radius 3 is 2.50 bits per heavy atom. The second-order valence-corrected chi connectivity index (χ2v) is 7.08. The van der Waals surface area contributed by atoms with Gasteiger partial charge in [0, 0.05) is 22.7 Å². The van der Waals surface area contributed by atoms with Crippen LogP contribution >= 0.6 is 0 Å². The number of pyridine rings is 1. The van der Waals surface area contributed by atoms with E-state index in [2.05, 4.69) is 5.32 Å². The van der Waals surface area contributed by atoms with Gasteiger partial charge in [0.2, 0.25) is 5.82 Å². The van der Waals surface area contributed by atoms with Gasteiger partial charge in [0.05, 0.1) is 28.8 Å². The summed E-state index contributed by atoms with van der Waals surface area (Å²) in [4.78, 5) is 28.2. The van der Waals surface area contributed by atoms with Crippen LogP contribution in [0.2, 0.25) is 0 Å². The number of methoxy groups -OCH3 is 1. The predicted octanol–water partition coefficient (Wildman–Crippen LogP) is 5.52. The molecule has 8 heteroatoms. The maximum absolute atomic E-state index is 13.7. The highest BCUT2D eigenvalue weighted by molar-refractivity contribution is 6.14. The van der Waals surface area contributed by atoms with E-state index in [1.807, 2.05) is 30.3 Å². The van der Waals surface area contributed by atoms with Crippen molar-refractivity contribution in [1.82, 2.24) is 4.98 Å². The summed E-state index contributed by atoms with van der Waals surface area (Å²) in [6, 6.07) is 17.8. The Balaban J connectivity index is 1.82. The summed E-state index contributed by atoms with van der Waals surface area (Å²) in [5.74, 6) is -0.750. The van der Waals surface area contributed by atoms with E-state index in [1.165, 1.54) is 6.07 Å². The normalized spacial score (nSPS) is 10.7. The molecular formula is C24H18FN3O4. The van der Waals surface area contributed by atoms with Crippen molar-refractivity contribution >= 4 is 28.2 Å². The van der Waals surface area contributed by atoms with Crippen molar-refractivity contribution in [3.8, 4) is 17.0 Å². The number of benzene rings is 3. The third kappa shape index (κ3) is 3.85. The molecule has 1 N–H and O–H groups in total. The molecule has 32 heavy (non-hydrogen) atoms. The second kappa shape index (κ2) is 8.43. The third-order valence-corrected chi connectivity index (χ3v) is 5.13. The van der Waals surface area contributed by atoms with Crippen LogP contribution in [0.4, 0.5) is 15.8 Å². The molecular weight excluding hydrogens is 413 g/mol. The molecule has 0 radical (unpaired) electrons. The van der Waals surface area contributed by atoms with Gasteiger partial charge in [-0.3, -0.25) is 14.9 Å². The van der Waals surface area contributed by atoms with Crippen molar-refractivity contribution in [2.45, 2.75) is 6.92 Å². The lowest BCUT2D eigenvalue weighted by Gasteiger charge is -2.15. The zero-order valence-electron chi connectivity index (χ0n) is 17.3. The first kappa shape index (κ1) is 20.9. The molecule has 0 unspecified atom stereocenters. The Bertz CT molecular complexity index is 1350. The standard InChI is InChI=1S/C24H18FN3O4/c1-14-22(24(29)26-16-9-12-19(25)21(13-16)28(30)31)18-5-3-4-6-20(18)27-23(14)15-7-10-17(32-2)11-8-15/h3-13H,1-2H3,(H,26,29).